The number of rotatable bonds is 15. The van der Waals surface area contributed by atoms with Crippen LogP contribution in [0.4, 0.5) is 0 Å². The number of amides is 1. The molecule has 1 aromatic heterocycles. The summed E-state index contributed by atoms with van der Waals surface area (Å²) in [6.45, 7) is 4.17. The van der Waals surface area contributed by atoms with Gasteiger partial charge in [-0.05, 0) is 62.4 Å². The number of benzene rings is 3. The average molecular weight is 697 g/mol. The summed E-state index contributed by atoms with van der Waals surface area (Å²) in [6, 6.07) is 20.0. The molecule has 8 nitrogen and oxygen atoms in total. The molecule has 1 aliphatic rings. The summed E-state index contributed by atoms with van der Waals surface area (Å²) < 4.78 is 40.6. The molecule has 0 spiro atoms. The lowest BCUT2D eigenvalue weighted by atomic mass is 9.55. The topological polar surface area (TPSA) is 102 Å². The molecule has 3 atom stereocenters. The van der Waals surface area contributed by atoms with E-state index in [1.807, 2.05) is 55.6 Å². The van der Waals surface area contributed by atoms with Gasteiger partial charge in [-0.15, -0.1) is 11.3 Å². The molecule has 0 bridgehead atoms. The molecule has 3 aromatic carbocycles. The lowest BCUT2D eigenvalue weighted by Crippen LogP contribution is -2.56. The zero-order valence-corrected chi connectivity index (χ0v) is 29.5. The summed E-state index contributed by atoms with van der Waals surface area (Å²) in [7, 11) is -0.619. The highest BCUT2D eigenvalue weighted by atomic mass is 35.5. The minimum absolute atomic E-state index is 0.00346. The first-order valence-electron chi connectivity index (χ1n) is 15.8. The zero-order chi connectivity index (χ0) is 33.8. The fourth-order valence-corrected chi connectivity index (χ4v) is 8.67. The van der Waals surface area contributed by atoms with E-state index in [1.165, 1.54) is 18.4 Å². The number of nitrogens with zero attached hydrogens (tertiary/aromatic N) is 1. The molecule has 1 fully saturated rings. The van der Waals surface area contributed by atoms with Gasteiger partial charge in [-0.2, -0.15) is 0 Å². The molecule has 5 rings (SSSR count). The van der Waals surface area contributed by atoms with Crippen molar-refractivity contribution in [1.29, 1.82) is 0 Å². The molecule has 1 N–H and O–H groups in total. The Kier molecular flexibility index (Phi) is 11.0. The van der Waals surface area contributed by atoms with Crippen LogP contribution in [-0.4, -0.2) is 51.5 Å². The number of thiophene rings is 1. The Morgan fingerprint density at radius 2 is 1.83 bits per heavy atom. The summed E-state index contributed by atoms with van der Waals surface area (Å²) in [5.41, 5.74) is 1.37. The number of methoxy groups -OCH3 is 2. The van der Waals surface area contributed by atoms with Crippen molar-refractivity contribution in [2.45, 2.75) is 52.1 Å². The maximum Gasteiger partial charge on any atom is 0.230 e. The number of ether oxygens (including phenoxy) is 2. The fraction of sp³-hybridized carbons (Fsp3) is 0.389. The van der Waals surface area contributed by atoms with E-state index < -0.39 is 21.4 Å². The van der Waals surface area contributed by atoms with Gasteiger partial charge in [0.1, 0.15) is 11.5 Å². The zero-order valence-electron chi connectivity index (χ0n) is 27.1. The van der Waals surface area contributed by atoms with Gasteiger partial charge < -0.3 is 14.4 Å². The molecule has 0 aliphatic heterocycles. The van der Waals surface area contributed by atoms with Gasteiger partial charge in [0, 0.05) is 56.7 Å². The molecular formula is C36H41ClN2O6S2. The molecular weight excluding hydrogens is 656 g/mol. The highest BCUT2D eigenvalue weighted by molar-refractivity contribution is 7.89. The lowest BCUT2D eigenvalue weighted by Gasteiger charge is -2.50. The number of sulfonamides is 1. The van der Waals surface area contributed by atoms with Gasteiger partial charge in [0.05, 0.1) is 31.4 Å². The van der Waals surface area contributed by atoms with E-state index in [9.17, 15) is 18.0 Å². The average Bonchev–Trinajstić information content (AvgIpc) is 3.50. The number of carbonyl (C=O) groups excluding carboxylic acids is 2. The van der Waals surface area contributed by atoms with Gasteiger partial charge in [0.25, 0.3) is 0 Å². The molecule has 250 valence electrons. The third-order valence-corrected chi connectivity index (χ3v) is 12.2. The van der Waals surface area contributed by atoms with Crippen molar-refractivity contribution >= 4 is 54.7 Å². The number of halogens is 1. The Morgan fingerprint density at radius 1 is 1.09 bits per heavy atom. The number of fused-ring (bicyclic) bond motifs is 1. The Labute approximate surface area is 286 Å². The summed E-state index contributed by atoms with van der Waals surface area (Å²) in [4.78, 5) is 30.4. The lowest BCUT2D eigenvalue weighted by molar-refractivity contribution is -0.154. The van der Waals surface area contributed by atoms with Crippen molar-refractivity contribution < 1.29 is 27.5 Å². The molecule has 11 heteroatoms. The Bertz CT molecular complexity index is 1840. The number of carbonyl (C=O) groups is 2. The fourth-order valence-electron chi connectivity index (χ4n) is 6.57. The first-order valence-corrected chi connectivity index (χ1v) is 18.7. The molecule has 1 saturated carbocycles. The first kappa shape index (κ1) is 34.9. The second kappa shape index (κ2) is 14.8. The second-order valence-electron chi connectivity index (χ2n) is 12.0. The normalized spacial score (nSPS) is 18.4. The van der Waals surface area contributed by atoms with Crippen LogP contribution < -0.4 is 14.2 Å². The molecule has 0 saturated heterocycles. The van der Waals surface area contributed by atoms with Crippen LogP contribution >= 0.6 is 22.9 Å². The number of hydrogen-bond acceptors (Lipinski definition) is 7. The molecule has 2 unspecified atom stereocenters. The van der Waals surface area contributed by atoms with Crippen molar-refractivity contribution in [1.82, 2.24) is 9.62 Å². The van der Waals surface area contributed by atoms with Gasteiger partial charge in [-0.25, -0.2) is 13.1 Å². The summed E-state index contributed by atoms with van der Waals surface area (Å²) in [5.74, 6) is 0.402. The molecule has 47 heavy (non-hydrogen) atoms. The van der Waals surface area contributed by atoms with Crippen molar-refractivity contribution in [2.75, 3.05) is 26.5 Å². The van der Waals surface area contributed by atoms with E-state index in [0.717, 1.165) is 15.6 Å². The van der Waals surface area contributed by atoms with E-state index in [1.54, 1.807) is 42.3 Å². The van der Waals surface area contributed by atoms with Crippen molar-refractivity contribution in [3.63, 3.8) is 0 Å². The van der Waals surface area contributed by atoms with Crippen LogP contribution in [-0.2, 0) is 21.4 Å². The van der Waals surface area contributed by atoms with Crippen LogP contribution in [0.25, 0.3) is 10.1 Å². The van der Waals surface area contributed by atoms with E-state index in [0.29, 0.717) is 46.9 Å². The SMILES string of the molecule is CCC1(C(=O)N(CCCS(=O)(=O)NCc2ccc(OC)cc2OC)[C@@H](C)c2ccc(Cl)cc2)CCC1C(=O)c1csc2ccccc12. The standard InChI is InChI=1S/C36H41ClN2O6S2/c1-5-36(18-17-31(36)34(40)30-23-46-33-10-7-6-9-29(30)33)35(41)39(24(2)25-11-14-27(37)15-12-25)19-8-20-47(42,43)38-22-26-13-16-28(44-3)21-32(26)45-4/h6-7,9-16,21,23-24,31,38H,5,8,17-20,22H2,1-4H3/t24-,31?,36?/m0/s1. The van der Waals surface area contributed by atoms with E-state index in [-0.39, 0.29) is 43.0 Å². The third kappa shape index (κ3) is 7.36. The van der Waals surface area contributed by atoms with Gasteiger partial charge in [0.2, 0.25) is 15.9 Å². The van der Waals surface area contributed by atoms with Crippen LogP contribution in [0.15, 0.2) is 72.1 Å². The molecule has 1 amide bonds. The summed E-state index contributed by atoms with van der Waals surface area (Å²) in [6.07, 6.45) is 1.97. The van der Waals surface area contributed by atoms with Crippen LogP contribution in [0.3, 0.4) is 0 Å². The van der Waals surface area contributed by atoms with E-state index >= 15 is 0 Å². The number of nitrogens with one attached hydrogen (secondary N) is 1. The van der Waals surface area contributed by atoms with Crippen LogP contribution in [0, 0.1) is 11.3 Å². The van der Waals surface area contributed by atoms with Crippen molar-refractivity contribution in [2.24, 2.45) is 11.3 Å². The monoisotopic (exact) mass is 696 g/mol. The predicted octanol–water partition coefficient (Wildman–Crippen LogP) is 7.66. The molecule has 4 aromatic rings. The second-order valence-corrected chi connectivity index (χ2v) is 15.3. The third-order valence-electron chi connectivity index (χ3n) is 9.54. The quantitative estimate of drug-likeness (QED) is 0.128. The molecule has 1 aliphatic carbocycles. The maximum atomic E-state index is 14.7. The largest absolute Gasteiger partial charge is 0.497 e. The predicted molar refractivity (Wildman–Crippen MR) is 188 cm³/mol. The van der Waals surface area contributed by atoms with Gasteiger partial charge >= 0.3 is 0 Å². The minimum atomic E-state index is -3.69. The maximum absolute atomic E-state index is 14.7. The Hall–Kier alpha value is -3.44. The number of ketones is 1. The molecule has 0 radical (unpaired) electrons. The summed E-state index contributed by atoms with van der Waals surface area (Å²) >= 11 is 7.70. The smallest absolute Gasteiger partial charge is 0.230 e. The van der Waals surface area contributed by atoms with Crippen molar-refractivity contribution in [3.8, 4) is 11.5 Å². The van der Waals surface area contributed by atoms with Gasteiger partial charge in [-0.3, -0.25) is 9.59 Å². The van der Waals surface area contributed by atoms with Crippen LogP contribution in [0.5, 0.6) is 11.5 Å². The Morgan fingerprint density at radius 3 is 2.49 bits per heavy atom. The number of Topliss-reactive ketones (excluding diaryl/α,β-unsaturated/α-hetero) is 1. The van der Waals surface area contributed by atoms with E-state index in [2.05, 4.69) is 4.72 Å². The molecule has 1 heterocycles. The number of hydrogen-bond donors (Lipinski definition) is 1. The summed E-state index contributed by atoms with van der Waals surface area (Å²) in [5, 5.41) is 3.41. The Balaban J connectivity index is 1.34. The van der Waals surface area contributed by atoms with Crippen molar-refractivity contribution in [3.05, 3.63) is 93.8 Å². The van der Waals surface area contributed by atoms with Gasteiger partial charge in [0.15, 0.2) is 5.78 Å². The van der Waals surface area contributed by atoms with Gasteiger partial charge in [-0.1, -0.05) is 54.9 Å². The van der Waals surface area contributed by atoms with Crippen LogP contribution in [0.1, 0.15) is 67.1 Å². The van der Waals surface area contributed by atoms with E-state index in [4.69, 9.17) is 21.1 Å². The van der Waals surface area contributed by atoms with Crippen LogP contribution in [0.2, 0.25) is 5.02 Å². The minimum Gasteiger partial charge on any atom is -0.497 e. The highest BCUT2D eigenvalue weighted by Gasteiger charge is 2.56. The first-order chi connectivity index (χ1) is 22.5. The highest BCUT2D eigenvalue weighted by Crippen LogP contribution is 2.53.